The lowest BCUT2D eigenvalue weighted by atomic mass is 9.94. The highest BCUT2D eigenvalue weighted by molar-refractivity contribution is 6.01. The van der Waals surface area contributed by atoms with Gasteiger partial charge in [-0.05, 0) is 43.5 Å². The Balaban J connectivity index is 1.64. The van der Waals surface area contributed by atoms with Crippen LogP contribution in [0.15, 0.2) is 89.1 Å². The first-order valence-corrected chi connectivity index (χ1v) is 11.4. The Labute approximate surface area is 198 Å². The zero-order chi connectivity index (χ0) is 23.7. The summed E-state index contributed by atoms with van der Waals surface area (Å²) in [5.41, 5.74) is 6.50. The van der Waals surface area contributed by atoms with Crippen molar-refractivity contribution >= 4 is 17.3 Å². The number of benzene rings is 3. The van der Waals surface area contributed by atoms with Gasteiger partial charge in [-0.2, -0.15) is 4.98 Å². The van der Waals surface area contributed by atoms with Gasteiger partial charge in [0.2, 0.25) is 5.82 Å². The third kappa shape index (κ3) is 3.99. The number of nitrogens with zero attached hydrogens (tertiary/aromatic N) is 3. The van der Waals surface area contributed by atoms with Gasteiger partial charge in [-0.1, -0.05) is 84.4 Å². The number of nitrogens with one attached hydrogen (secondary N) is 1. The van der Waals surface area contributed by atoms with Gasteiger partial charge in [-0.25, -0.2) is 4.79 Å². The van der Waals surface area contributed by atoms with E-state index in [0.29, 0.717) is 11.7 Å². The number of allylic oxidation sites excluding steroid dienone is 1. The molecule has 0 spiro atoms. The molecule has 0 bridgehead atoms. The lowest BCUT2D eigenvalue weighted by Gasteiger charge is -2.35. The molecule has 2 amide bonds. The highest BCUT2D eigenvalue weighted by atomic mass is 16.5. The molecule has 3 aromatic carbocycles. The van der Waals surface area contributed by atoms with Crippen LogP contribution in [0.5, 0.6) is 0 Å². The van der Waals surface area contributed by atoms with E-state index in [0.717, 1.165) is 40.1 Å². The summed E-state index contributed by atoms with van der Waals surface area (Å²) in [6.07, 6.45) is 0.937. The predicted molar refractivity (Wildman–Crippen MR) is 133 cm³/mol. The molecule has 6 nitrogen and oxygen atoms in total. The minimum atomic E-state index is -0.414. The van der Waals surface area contributed by atoms with Crippen molar-refractivity contribution in [2.45, 2.75) is 33.2 Å². The Morgan fingerprint density at radius 2 is 1.65 bits per heavy atom. The highest BCUT2D eigenvalue weighted by Crippen LogP contribution is 2.39. The molecule has 0 radical (unpaired) electrons. The largest absolute Gasteiger partial charge is 0.334 e. The minimum absolute atomic E-state index is 0.195. The molecule has 1 atom stereocenters. The van der Waals surface area contributed by atoms with Gasteiger partial charge in [0.1, 0.15) is 0 Å². The average molecular weight is 451 g/mol. The van der Waals surface area contributed by atoms with Gasteiger partial charge in [0.05, 0.1) is 17.3 Å². The third-order valence-electron chi connectivity index (χ3n) is 6.19. The minimum Gasteiger partial charge on any atom is -0.334 e. The first-order valence-electron chi connectivity index (χ1n) is 11.4. The van der Waals surface area contributed by atoms with Crippen LogP contribution in [-0.4, -0.2) is 16.2 Å². The van der Waals surface area contributed by atoms with E-state index in [2.05, 4.69) is 17.4 Å². The number of rotatable bonds is 5. The predicted octanol–water partition coefficient (Wildman–Crippen LogP) is 6.31. The molecule has 1 aromatic heterocycles. The van der Waals surface area contributed by atoms with Gasteiger partial charge >= 0.3 is 6.03 Å². The van der Waals surface area contributed by atoms with E-state index in [9.17, 15) is 4.79 Å². The first kappa shape index (κ1) is 21.6. The molecule has 170 valence electrons. The zero-order valence-electron chi connectivity index (χ0n) is 19.4. The second-order valence-electron chi connectivity index (χ2n) is 8.44. The summed E-state index contributed by atoms with van der Waals surface area (Å²) in [6.45, 7) is 6.07. The van der Waals surface area contributed by atoms with E-state index in [1.165, 1.54) is 5.56 Å². The standard InChI is InChI=1S/C28H26N4O2/c1-4-20-12-16-23(17-13-20)32-19(3)24(25(29-28(32)33)21-14-10-18(2)11-15-21)27-30-26(31-34-27)22-8-6-5-7-9-22/h5-17,25H,4H2,1-3H3,(H,29,33). The fourth-order valence-electron chi connectivity index (χ4n) is 4.26. The second-order valence-corrected chi connectivity index (χ2v) is 8.44. The van der Waals surface area contributed by atoms with Crippen molar-refractivity contribution < 1.29 is 9.32 Å². The Morgan fingerprint density at radius 3 is 2.32 bits per heavy atom. The fourth-order valence-corrected chi connectivity index (χ4v) is 4.26. The molecule has 1 N–H and O–H groups in total. The van der Waals surface area contributed by atoms with E-state index in [1.54, 1.807) is 4.90 Å². The molecule has 2 heterocycles. The van der Waals surface area contributed by atoms with Crippen LogP contribution in [0.4, 0.5) is 10.5 Å². The number of amides is 2. The quantitative estimate of drug-likeness (QED) is 0.387. The summed E-state index contributed by atoms with van der Waals surface area (Å²) in [6, 6.07) is 25.2. The lowest BCUT2D eigenvalue weighted by molar-refractivity contribution is 0.244. The summed E-state index contributed by atoms with van der Waals surface area (Å²) in [5.74, 6) is 0.895. The van der Waals surface area contributed by atoms with Crippen LogP contribution in [0, 0.1) is 6.92 Å². The van der Waals surface area contributed by atoms with Gasteiger partial charge in [0, 0.05) is 11.3 Å². The number of hydrogen-bond donors (Lipinski definition) is 1. The summed E-state index contributed by atoms with van der Waals surface area (Å²) in [4.78, 5) is 19.7. The van der Waals surface area contributed by atoms with E-state index in [1.807, 2.05) is 92.7 Å². The van der Waals surface area contributed by atoms with Crippen molar-refractivity contribution in [2.75, 3.05) is 4.90 Å². The number of aryl methyl sites for hydroxylation is 2. The molecule has 1 aliphatic heterocycles. The van der Waals surface area contributed by atoms with Crippen LogP contribution in [0.25, 0.3) is 17.0 Å². The van der Waals surface area contributed by atoms with Crippen LogP contribution in [0.1, 0.15) is 42.5 Å². The summed E-state index contributed by atoms with van der Waals surface area (Å²) >= 11 is 0. The van der Waals surface area contributed by atoms with E-state index >= 15 is 0 Å². The average Bonchev–Trinajstić information content (AvgIpc) is 3.35. The van der Waals surface area contributed by atoms with E-state index in [4.69, 9.17) is 9.51 Å². The van der Waals surface area contributed by atoms with Crippen molar-refractivity contribution in [1.29, 1.82) is 0 Å². The maximum atomic E-state index is 13.3. The van der Waals surface area contributed by atoms with Gasteiger partial charge in [0.25, 0.3) is 5.89 Å². The number of urea groups is 1. The molecule has 0 aliphatic carbocycles. The summed E-state index contributed by atoms with van der Waals surface area (Å²) < 4.78 is 5.76. The number of carbonyl (C=O) groups excluding carboxylic acids is 1. The monoisotopic (exact) mass is 450 g/mol. The van der Waals surface area contributed by atoms with Crippen molar-refractivity contribution in [3.05, 3.63) is 107 Å². The van der Waals surface area contributed by atoms with Crippen LogP contribution >= 0.6 is 0 Å². The van der Waals surface area contributed by atoms with Crippen LogP contribution in [0.2, 0.25) is 0 Å². The molecule has 5 rings (SSSR count). The second kappa shape index (κ2) is 8.98. The van der Waals surface area contributed by atoms with Crippen molar-refractivity contribution in [3.8, 4) is 11.4 Å². The molecule has 0 fully saturated rings. The van der Waals surface area contributed by atoms with Gasteiger partial charge < -0.3 is 9.84 Å². The van der Waals surface area contributed by atoms with Crippen LogP contribution < -0.4 is 10.2 Å². The van der Waals surface area contributed by atoms with Crippen LogP contribution in [-0.2, 0) is 6.42 Å². The van der Waals surface area contributed by atoms with Gasteiger partial charge in [-0.3, -0.25) is 4.90 Å². The van der Waals surface area contributed by atoms with Crippen molar-refractivity contribution in [2.24, 2.45) is 0 Å². The first-order chi connectivity index (χ1) is 16.5. The number of hydrogen-bond acceptors (Lipinski definition) is 4. The molecule has 0 saturated heterocycles. The molecular weight excluding hydrogens is 424 g/mol. The Morgan fingerprint density at radius 1 is 0.941 bits per heavy atom. The summed E-state index contributed by atoms with van der Waals surface area (Å²) in [5, 5.41) is 7.38. The fraction of sp³-hybridized carbons (Fsp3) is 0.179. The SMILES string of the molecule is CCc1ccc(N2C(=O)NC(c3ccc(C)cc3)C(c3nc(-c4ccccc4)no3)=C2C)cc1. The Bertz CT molecular complexity index is 1340. The molecular formula is C28H26N4O2. The number of carbonyl (C=O) groups is 1. The molecule has 6 heteroatoms. The maximum Gasteiger partial charge on any atom is 0.326 e. The maximum absolute atomic E-state index is 13.3. The highest BCUT2D eigenvalue weighted by Gasteiger charge is 2.36. The smallest absolute Gasteiger partial charge is 0.326 e. The Hall–Kier alpha value is -4.19. The third-order valence-corrected chi connectivity index (χ3v) is 6.19. The van der Waals surface area contributed by atoms with Crippen LogP contribution in [0.3, 0.4) is 0 Å². The molecule has 4 aromatic rings. The van der Waals surface area contributed by atoms with E-state index < -0.39 is 6.04 Å². The van der Waals surface area contributed by atoms with Crippen molar-refractivity contribution in [3.63, 3.8) is 0 Å². The Kier molecular flexibility index (Phi) is 5.72. The topological polar surface area (TPSA) is 71.3 Å². The summed E-state index contributed by atoms with van der Waals surface area (Å²) in [7, 11) is 0. The number of aromatic nitrogens is 2. The van der Waals surface area contributed by atoms with Gasteiger partial charge in [0.15, 0.2) is 0 Å². The molecule has 34 heavy (non-hydrogen) atoms. The van der Waals surface area contributed by atoms with E-state index in [-0.39, 0.29) is 6.03 Å². The van der Waals surface area contributed by atoms with Crippen molar-refractivity contribution in [1.82, 2.24) is 15.5 Å². The molecule has 0 saturated carbocycles. The van der Waals surface area contributed by atoms with Gasteiger partial charge in [-0.15, -0.1) is 0 Å². The molecule has 1 aliphatic rings. The lowest BCUT2D eigenvalue weighted by Crippen LogP contribution is -2.46. The zero-order valence-corrected chi connectivity index (χ0v) is 19.4. The normalized spacial score (nSPS) is 16.0. The molecule has 1 unspecified atom stereocenters. The number of anilines is 1.